The maximum Gasteiger partial charge on any atom is 0.229 e. The summed E-state index contributed by atoms with van der Waals surface area (Å²) in [5.41, 5.74) is 1.52. The molecular formula is C11H9NO2. The topological polar surface area (TPSA) is 43.1 Å². The minimum atomic E-state index is -0.133. The van der Waals surface area contributed by atoms with Crippen LogP contribution in [0.15, 0.2) is 41.3 Å². The van der Waals surface area contributed by atoms with E-state index in [1.165, 1.54) is 12.5 Å². The van der Waals surface area contributed by atoms with E-state index in [-0.39, 0.29) is 5.78 Å². The van der Waals surface area contributed by atoms with E-state index < -0.39 is 0 Å². The third-order valence-corrected chi connectivity index (χ3v) is 1.88. The molecule has 0 saturated carbocycles. The van der Waals surface area contributed by atoms with Crippen LogP contribution in [0.25, 0.3) is 0 Å². The van der Waals surface area contributed by atoms with E-state index >= 15 is 0 Å². The van der Waals surface area contributed by atoms with E-state index in [4.69, 9.17) is 4.42 Å². The van der Waals surface area contributed by atoms with Crippen LogP contribution >= 0.6 is 0 Å². The number of nitrogens with zero attached hydrogens (tertiary/aromatic N) is 1. The lowest BCUT2D eigenvalue weighted by molar-refractivity contribution is 0.101. The van der Waals surface area contributed by atoms with Gasteiger partial charge in [-0.2, -0.15) is 0 Å². The third-order valence-electron chi connectivity index (χ3n) is 1.88. The summed E-state index contributed by atoms with van der Waals surface area (Å²) in [4.78, 5) is 15.7. The Morgan fingerprint density at radius 3 is 2.93 bits per heavy atom. The first kappa shape index (κ1) is 8.69. The monoisotopic (exact) mass is 187 g/mol. The molecule has 0 N–H and O–H groups in total. The molecule has 3 nitrogen and oxygen atoms in total. The zero-order valence-corrected chi connectivity index (χ0v) is 7.73. The van der Waals surface area contributed by atoms with Crippen molar-refractivity contribution in [3.63, 3.8) is 0 Å². The van der Waals surface area contributed by atoms with Gasteiger partial charge >= 0.3 is 0 Å². The van der Waals surface area contributed by atoms with E-state index in [9.17, 15) is 4.79 Å². The Morgan fingerprint density at radius 1 is 1.43 bits per heavy atom. The second-order valence-electron chi connectivity index (χ2n) is 3.06. The molecule has 0 aliphatic carbocycles. The van der Waals surface area contributed by atoms with Gasteiger partial charge in [-0.1, -0.05) is 0 Å². The smallest absolute Gasteiger partial charge is 0.229 e. The first-order chi connectivity index (χ1) is 6.77. The van der Waals surface area contributed by atoms with Crippen molar-refractivity contribution in [2.24, 2.45) is 0 Å². The van der Waals surface area contributed by atoms with Crippen molar-refractivity contribution in [2.45, 2.75) is 6.92 Å². The second kappa shape index (κ2) is 3.46. The Labute approximate surface area is 81.4 Å². The number of aryl methyl sites for hydroxylation is 1. The Balaban J connectivity index is 2.37. The van der Waals surface area contributed by atoms with Gasteiger partial charge in [0.1, 0.15) is 0 Å². The molecule has 0 aromatic carbocycles. The van der Waals surface area contributed by atoms with Gasteiger partial charge in [-0.3, -0.25) is 9.78 Å². The molecule has 14 heavy (non-hydrogen) atoms. The van der Waals surface area contributed by atoms with E-state index in [2.05, 4.69) is 4.98 Å². The number of pyridine rings is 1. The molecule has 0 bridgehead atoms. The molecule has 0 saturated heterocycles. The van der Waals surface area contributed by atoms with Gasteiger partial charge in [0.2, 0.25) is 5.78 Å². The third kappa shape index (κ3) is 1.57. The Hall–Kier alpha value is -1.90. The lowest BCUT2D eigenvalue weighted by Crippen LogP contribution is -2.00. The number of rotatable bonds is 2. The van der Waals surface area contributed by atoms with Gasteiger partial charge in [0.15, 0.2) is 5.76 Å². The van der Waals surface area contributed by atoms with Crippen LogP contribution in [0.3, 0.4) is 0 Å². The average molecular weight is 187 g/mol. The molecule has 2 aromatic rings. The predicted octanol–water partition coefficient (Wildman–Crippen LogP) is 2.21. The van der Waals surface area contributed by atoms with E-state index in [0.29, 0.717) is 11.3 Å². The maximum absolute atomic E-state index is 11.7. The normalized spacial score (nSPS) is 10.1. The Bertz CT molecular complexity index is 446. The summed E-state index contributed by atoms with van der Waals surface area (Å²) < 4.78 is 5.01. The van der Waals surface area contributed by atoms with Crippen molar-refractivity contribution < 1.29 is 9.21 Å². The van der Waals surface area contributed by atoms with Crippen molar-refractivity contribution in [1.29, 1.82) is 0 Å². The summed E-state index contributed by atoms with van der Waals surface area (Å²) in [5.74, 6) is 0.212. The highest BCUT2D eigenvalue weighted by molar-refractivity contribution is 6.06. The van der Waals surface area contributed by atoms with Crippen LogP contribution in [-0.2, 0) is 0 Å². The molecule has 0 radical (unpaired) electrons. The molecule has 3 heteroatoms. The van der Waals surface area contributed by atoms with E-state index in [1.807, 2.05) is 6.92 Å². The fourth-order valence-electron chi connectivity index (χ4n) is 1.23. The summed E-state index contributed by atoms with van der Waals surface area (Å²) in [6.45, 7) is 1.89. The largest absolute Gasteiger partial charge is 0.461 e. The van der Waals surface area contributed by atoms with Crippen LogP contribution in [0.1, 0.15) is 21.7 Å². The van der Waals surface area contributed by atoms with Gasteiger partial charge in [-0.15, -0.1) is 0 Å². The fraction of sp³-hybridized carbons (Fsp3) is 0.0909. The van der Waals surface area contributed by atoms with Crippen molar-refractivity contribution in [3.8, 4) is 0 Å². The number of hydrogen-bond acceptors (Lipinski definition) is 3. The maximum atomic E-state index is 11.7. The number of aromatic nitrogens is 1. The van der Waals surface area contributed by atoms with Gasteiger partial charge in [-0.25, -0.2) is 0 Å². The molecule has 0 unspecified atom stereocenters. The van der Waals surface area contributed by atoms with Gasteiger partial charge in [0, 0.05) is 18.0 Å². The van der Waals surface area contributed by atoms with Crippen LogP contribution in [0.2, 0.25) is 0 Å². The van der Waals surface area contributed by atoms with Crippen molar-refractivity contribution in [3.05, 3.63) is 53.7 Å². The summed E-state index contributed by atoms with van der Waals surface area (Å²) >= 11 is 0. The van der Waals surface area contributed by atoms with Gasteiger partial charge in [0.05, 0.1) is 6.26 Å². The minimum Gasteiger partial charge on any atom is -0.461 e. The zero-order valence-electron chi connectivity index (χ0n) is 7.73. The number of furan rings is 1. The highest BCUT2D eigenvalue weighted by Gasteiger charge is 2.11. The summed E-state index contributed by atoms with van der Waals surface area (Å²) in [5, 5.41) is 0. The van der Waals surface area contributed by atoms with E-state index in [0.717, 1.165) is 5.56 Å². The van der Waals surface area contributed by atoms with Crippen molar-refractivity contribution in [2.75, 3.05) is 0 Å². The Kier molecular flexibility index (Phi) is 2.14. The second-order valence-corrected chi connectivity index (χ2v) is 3.06. The zero-order chi connectivity index (χ0) is 9.97. The summed E-state index contributed by atoms with van der Waals surface area (Å²) in [7, 11) is 0. The molecule has 0 fully saturated rings. The van der Waals surface area contributed by atoms with Crippen LogP contribution in [0, 0.1) is 6.92 Å². The van der Waals surface area contributed by atoms with Crippen molar-refractivity contribution >= 4 is 5.78 Å². The first-order valence-corrected chi connectivity index (χ1v) is 4.27. The standard InChI is InChI=1S/C11H9NO2/c1-8-5-9(7-12-6-8)11(13)10-3-2-4-14-10/h2-7H,1H3. The lowest BCUT2D eigenvalue weighted by Gasteiger charge is -1.97. The highest BCUT2D eigenvalue weighted by Crippen LogP contribution is 2.10. The van der Waals surface area contributed by atoms with Gasteiger partial charge < -0.3 is 4.42 Å². The highest BCUT2D eigenvalue weighted by atomic mass is 16.3. The van der Waals surface area contributed by atoms with Crippen LogP contribution in [0.5, 0.6) is 0 Å². The number of carbonyl (C=O) groups excluding carboxylic acids is 1. The molecule has 0 amide bonds. The molecular weight excluding hydrogens is 178 g/mol. The molecule has 2 rings (SSSR count). The molecule has 2 aromatic heterocycles. The molecule has 0 atom stereocenters. The van der Waals surface area contributed by atoms with Crippen LogP contribution in [-0.4, -0.2) is 10.8 Å². The molecule has 0 aliphatic heterocycles. The number of hydrogen-bond donors (Lipinski definition) is 0. The molecule has 0 spiro atoms. The summed E-state index contributed by atoms with van der Waals surface area (Å²) in [6, 6.07) is 5.12. The minimum absolute atomic E-state index is 0.133. The molecule has 70 valence electrons. The van der Waals surface area contributed by atoms with Gasteiger partial charge in [-0.05, 0) is 30.7 Å². The van der Waals surface area contributed by atoms with Crippen molar-refractivity contribution in [1.82, 2.24) is 4.98 Å². The summed E-state index contributed by atoms with van der Waals surface area (Å²) in [6.07, 6.45) is 4.73. The SMILES string of the molecule is Cc1cncc(C(=O)c2ccco2)c1. The quantitative estimate of drug-likeness (QED) is 0.677. The number of ketones is 1. The average Bonchev–Trinajstić information content (AvgIpc) is 2.69. The van der Waals surface area contributed by atoms with E-state index in [1.54, 1.807) is 24.4 Å². The van der Waals surface area contributed by atoms with Crippen LogP contribution < -0.4 is 0 Å². The first-order valence-electron chi connectivity index (χ1n) is 4.27. The van der Waals surface area contributed by atoms with Gasteiger partial charge in [0.25, 0.3) is 0 Å². The lowest BCUT2D eigenvalue weighted by atomic mass is 10.1. The number of carbonyl (C=O) groups is 1. The fourth-order valence-corrected chi connectivity index (χ4v) is 1.23. The molecule has 2 heterocycles. The predicted molar refractivity (Wildman–Crippen MR) is 51.1 cm³/mol. The Morgan fingerprint density at radius 2 is 2.29 bits per heavy atom. The van der Waals surface area contributed by atoms with Crippen LogP contribution in [0.4, 0.5) is 0 Å². The molecule has 0 aliphatic rings.